The van der Waals surface area contributed by atoms with Gasteiger partial charge in [-0.2, -0.15) is 0 Å². The van der Waals surface area contributed by atoms with Crippen molar-refractivity contribution >= 4 is 50.0 Å². The van der Waals surface area contributed by atoms with Crippen molar-refractivity contribution < 1.29 is 27.5 Å². The summed E-state index contributed by atoms with van der Waals surface area (Å²) < 4.78 is 37.1. The number of hydrogen-bond acceptors (Lipinski definition) is 9. The highest BCUT2D eigenvalue weighted by atomic mass is 32.2. The molecule has 0 radical (unpaired) electrons. The van der Waals surface area contributed by atoms with Gasteiger partial charge in [-0.25, -0.2) is 23.1 Å². The number of aromatic nitrogens is 2. The number of benzene rings is 2. The van der Waals surface area contributed by atoms with Gasteiger partial charge in [0, 0.05) is 18.7 Å². The number of fused-ring (bicyclic) bond motifs is 1. The monoisotopic (exact) mass is 714 g/mol. The molecule has 270 valence electrons. The van der Waals surface area contributed by atoms with Crippen molar-refractivity contribution in [3.8, 4) is 16.5 Å². The number of amides is 1. The molecule has 0 spiro atoms. The molecule has 4 aromatic rings. The van der Waals surface area contributed by atoms with Crippen molar-refractivity contribution in [1.82, 2.24) is 14.7 Å². The van der Waals surface area contributed by atoms with Crippen LogP contribution in [-0.2, 0) is 24.3 Å². The molecule has 0 aliphatic heterocycles. The van der Waals surface area contributed by atoms with E-state index in [1.165, 1.54) is 31.9 Å². The van der Waals surface area contributed by atoms with Crippen LogP contribution in [0.1, 0.15) is 89.0 Å². The van der Waals surface area contributed by atoms with Crippen LogP contribution in [0.15, 0.2) is 70.9 Å². The first-order valence-electron chi connectivity index (χ1n) is 15.8. The molecular weight excluding hydrogens is 661 g/mol. The second kappa shape index (κ2) is 20.6. The first-order chi connectivity index (χ1) is 22.2. The Hall–Kier alpha value is -3.87. The Balaban J connectivity index is 0.000000373. The fourth-order valence-corrected chi connectivity index (χ4v) is 6.43. The van der Waals surface area contributed by atoms with Crippen molar-refractivity contribution in [3.05, 3.63) is 66.0 Å². The van der Waals surface area contributed by atoms with Crippen LogP contribution in [-0.4, -0.2) is 48.5 Å². The number of rotatable bonds is 9. The summed E-state index contributed by atoms with van der Waals surface area (Å²) in [5.41, 5.74) is 3.14. The number of para-hydroxylation sites is 2. The summed E-state index contributed by atoms with van der Waals surface area (Å²) in [5.74, 6) is 0.393. The first kappa shape index (κ1) is 43.2. The van der Waals surface area contributed by atoms with Crippen molar-refractivity contribution in [2.24, 2.45) is 5.92 Å². The number of carbonyl (C=O) groups is 2. The third kappa shape index (κ3) is 14.3. The summed E-state index contributed by atoms with van der Waals surface area (Å²) in [6, 6.07) is 17.8. The molecule has 0 saturated heterocycles. The predicted molar refractivity (Wildman–Crippen MR) is 201 cm³/mol. The summed E-state index contributed by atoms with van der Waals surface area (Å²) in [6.45, 7) is 12.6. The lowest BCUT2D eigenvalue weighted by Crippen LogP contribution is -2.30. The third-order valence-electron chi connectivity index (χ3n) is 6.57. The number of nitrogens with zero attached hydrogens (tertiary/aromatic N) is 2. The van der Waals surface area contributed by atoms with E-state index in [0.717, 1.165) is 34.4 Å². The summed E-state index contributed by atoms with van der Waals surface area (Å²) >= 11 is 1.64. The fourth-order valence-electron chi connectivity index (χ4n) is 4.47. The molecule has 2 aromatic heterocycles. The van der Waals surface area contributed by atoms with Crippen molar-refractivity contribution in [1.29, 1.82) is 0 Å². The SMILES string of the molecule is C.C.CC(=O)Nc1ccc(S(=O)(=O)NC(C)C)cc1.CC(C)C(=O)OC1CCCC1.CC(C)Oc1nc2ccccc2nc1-c1cccs1. The van der Waals surface area contributed by atoms with E-state index in [1.807, 2.05) is 69.5 Å². The van der Waals surface area contributed by atoms with Crippen LogP contribution in [0, 0.1) is 5.92 Å². The molecule has 0 unspecified atom stereocenters. The Morgan fingerprint density at radius 1 is 0.857 bits per heavy atom. The summed E-state index contributed by atoms with van der Waals surface area (Å²) in [6.07, 6.45) is 4.88. The highest BCUT2D eigenvalue weighted by Gasteiger charge is 2.20. The second-order valence-corrected chi connectivity index (χ2v) is 14.7. The lowest BCUT2D eigenvalue weighted by Gasteiger charge is -2.12. The van der Waals surface area contributed by atoms with Gasteiger partial charge in [0.05, 0.1) is 32.8 Å². The predicted octanol–water partition coefficient (Wildman–Crippen LogP) is 8.88. The summed E-state index contributed by atoms with van der Waals surface area (Å²) in [5, 5.41) is 4.60. The van der Waals surface area contributed by atoms with E-state index in [4.69, 9.17) is 14.5 Å². The average molecular weight is 715 g/mol. The van der Waals surface area contributed by atoms with Gasteiger partial charge >= 0.3 is 5.97 Å². The van der Waals surface area contributed by atoms with Crippen LogP contribution < -0.4 is 14.8 Å². The molecule has 1 aliphatic carbocycles. The smallest absolute Gasteiger partial charge is 0.308 e. The minimum absolute atomic E-state index is 0. The molecule has 1 saturated carbocycles. The van der Waals surface area contributed by atoms with Crippen molar-refractivity contribution in [3.63, 3.8) is 0 Å². The number of nitrogens with one attached hydrogen (secondary N) is 2. The Labute approximate surface area is 297 Å². The zero-order valence-corrected chi connectivity index (χ0v) is 29.8. The number of esters is 1. The van der Waals surface area contributed by atoms with Gasteiger partial charge in [-0.3, -0.25) is 9.59 Å². The van der Waals surface area contributed by atoms with Gasteiger partial charge in [0.2, 0.25) is 21.8 Å². The molecule has 0 bridgehead atoms. The standard InChI is InChI=1S/C15H14N2OS.C11H16N2O3S.C9H16O2.2CH4/c1-10(2)18-15-14(13-8-5-9-19-13)16-11-6-3-4-7-12(11)17-15;1-8(2)13-17(15,16)11-6-4-10(5-7-11)12-9(3)14;1-7(2)9(10)11-8-5-3-4-6-8;;/h3-10H,1-2H3;4-8,13H,1-3H3,(H,12,14);7-8H,3-6H2,1-2H3;2*1H4. The highest BCUT2D eigenvalue weighted by Crippen LogP contribution is 2.32. The molecule has 1 amide bonds. The molecule has 2 N–H and O–H groups in total. The van der Waals surface area contributed by atoms with E-state index in [1.54, 1.807) is 37.3 Å². The van der Waals surface area contributed by atoms with E-state index in [-0.39, 0.29) is 55.8 Å². The maximum absolute atomic E-state index is 11.8. The number of hydrogen-bond donors (Lipinski definition) is 2. The van der Waals surface area contributed by atoms with Gasteiger partial charge in [0.1, 0.15) is 11.8 Å². The average Bonchev–Trinajstić information content (AvgIpc) is 3.72. The van der Waals surface area contributed by atoms with Crippen LogP contribution in [0.2, 0.25) is 0 Å². The van der Waals surface area contributed by atoms with Gasteiger partial charge in [-0.15, -0.1) is 11.3 Å². The van der Waals surface area contributed by atoms with Gasteiger partial charge in [0.25, 0.3) is 0 Å². The molecule has 2 heterocycles. The van der Waals surface area contributed by atoms with Crippen molar-refractivity contribution in [2.45, 2.75) is 112 Å². The summed E-state index contributed by atoms with van der Waals surface area (Å²) in [7, 11) is -3.47. The minimum Gasteiger partial charge on any atom is -0.473 e. The largest absolute Gasteiger partial charge is 0.473 e. The van der Waals surface area contributed by atoms with Gasteiger partial charge in [-0.1, -0.05) is 46.9 Å². The van der Waals surface area contributed by atoms with Gasteiger partial charge < -0.3 is 14.8 Å². The molecule has 12 heteroatoms. The Morgan fingerprint density at radius 2 is 1.45 bits per heavy atom. The van der Waals surface area contributed by atoms with E-state index in [0.29, 0.717) is 11.6 Å². The lowest BCUT2D eigenvalue weighted by atomic mass is 10.2. The topological polar surface area (TPSA) is 137 Å². The quantitative estimate of drug-likeness (QED) is 0.164. The lowest BCUT2D eigenvalue weighted by molar-refractivity contribution is -0.152. The fraction of sp³-hybridized carbons (Fsp3) is 0.459. The summed E-state index contributed by atoms with van der Waals surface area (Å²) in [4.78, 5) is 32.4. The first-order valence-corrected chi connectivity index (χ1v) is 18.2. The number of anilines is 1. The number of sulfonamides is 1. The minimum atomic E-state index is -3.47. The van der Waals surface area contributed by atoms with Gasteiger partial charge in [0.15, 0.2) is 0 Å². The second-order valence-electron chi connectivity index (χ2n) is 12.0. The van der Waals surface area contributed by atoms with Crippen LogP contribution in [0.3, 0.4) is 0 Å². The maximum atomic E-state index is 11.8. The van der Waals surface area contributed by atoms with Crippen LogP contribution in [0.25, 0.3) is 21.6 Å². The van der Waals surface area contributed by atoms with E-state index in [2.05, 4.69) is 15.0 Å². The number of carbonyl (C=O) groups excluding carboxylic acids is 2. The zero-order chi connectivity index (χ0) is 34.6. The van der Waals surface area contributed by atoms with Crippen LogP contribution in [0.5, 0.6) is 5.88 Å². The molecule has 10 nitrogen and oxygen atoms in total. The molecule has 1 fully saturated rings. The maximum Gasteiger partial charge on any atom is 0.308 e. The Kier molecular flexibility index (Phi) is 18.1. The molecule has 2 aromatic carbocycles. The van der Waals surface area contributed by atoms with E-state index >= 15 is 0 Å². The van der Waals surface area contributed by atoms with Crippen LogP contribution in [0.4, 0.5) is 5.69 Å². The third-order valence-corrected chi connectivity index (χ3v) is 9.12. The van der Waals surface area contributed by atoms with Crippen LogP contribution >= 0.6 is 11.3 Å². The van der Waals surface area contributed by atoms with Crippen molar-refractivity contribution in [2.75, 3.05) is 5.32 Å². The normalized spacial score (nSPS) is 12.6. The molecule has 5 rings (SSSR count). The molecular formula is C37H54N4O6S2. The van der Waals surface area contributed by atoms with Gasteiger partial charge in [-0.05, 0) is 101 Å². The molecule has 49 heavy (non-hydrogen) atoms. The zero-order valence-electron chi connectivity index (χ0n) is 28.1. The van der Waals surface area contributed by atoms with E-state index < -0.39 is 10.0 Å². The number of ether oxygens (including phenoxy) is 2. The Bertz CT molecular complexity index is 1680. The highest BCUT2D eigenvalue weighted by molar-refractivity contribution is 7.89. The molecule has 0 atom stereocenters. The van der Waals surface area contributed by atoms with E-state index in [9.17, 15) is 18.0 Å². The Morgan fingerprint density at radius 3 is 1.94 bits per heavy atom. The number of thiophene rings is 1. The molecule has 1 aliphatic rings.